The predicted molar refractivity (Wildman–Crippen MR) is 133 cm³/mol. The molecule has 5 rings (SSSR count). The van der Waals surface area contributed by atoms with Crippen LogP contribution < -0.4 is 4.74 Å². The molecular weight excluding hydrogens is 507 g/mol. The van der Waals surface area contributed by atoms with Crippen LogP contribution in [-0.2, 0) is 12.7 Å². The van der Waals surface area contributed by atoms with Gasteiger partial charge in [-0.15, -0.1) is 0 Å². The molecule has 2 aromatic carbocycles. The number of halogens is 4. The summed E-state index contributed by atoms with van der Waals surface area (Å²) in [7, 11) is 1.62. The fourth-order valence-electron chi connectivity index (χ4n) is 4.35. The number of aromatic nitrogens is 3. The van der Waals surface area contributed by atoms with Gasteiger partial charge in [-0.1, -0.05) is 35.9 Å². The first-order valence-corrected chi connectivity index (χ1v) is 12.0. The minimum atomic E-state index is -4.69. The van der Waals surface area contributed by atoms with Gasteiger partial charge >= 0.3 is 6.18 Å². The van der Waals surface area contributed by atoms with Crippen LogP contribution in [-0.4, -0.2) is 63.6 Å². The first-order chi connectivity index (χ1) is 17.7. The van der Waals surface area contributed by atoms with Gasteiger partial charge in [-0.2, -0.15) is 18.3 Å². The van der Waals surface area contributed by atoms with Crippen molar-refractivity contribution in [3.05, 3.63) is 82.6 Å². The molecule has 0 spiro atoms. The smallest absolute Gasteiger partial charge is 0.433 e. The SMILES string of the molecule is COc1cccc(CN2CCN(C(=O)c3cc4nc(-c5ccc(Cl)cc5)cc(C(F)(F)F)n4n3)CC2)c1. The number of benzene rings is 2. The molecule has 0 bridgehead atoms. The fourth-order valence-corrected chi connectivity index (χ4v) is 4.48. The highest BCUT2D eigenvalue weighted by Gasteiger charge is 2.36. The van der Waals surface area contributed by atoms with Crippen molar-refractivity contribution in [3.8, 4) is 17.0 Å². The number of nitrogens with zero attached hydrogens (tertiary/aromatic N) is 5. The molecule has 0 unspecified atom stereocenters. The van der Waals surface area contributed by atoms with Crippen LogP contribution in [0.4, 0.5) is 13.2 Å². The van der Waals surface area contributed by atoms with E-state index in [1.54, 1.807) is 36.3 Å². The van der Waals surface area contributed by atoms with Crippen LogP contribution in [0.15, 0.2) is 60.7 Å². The molecule has 192 valence electrons. The second-order valence-electron chi connectivity index (χ2n) is 8.75. The number of carbonyl (C=O) groups is 1. The molecule has 11 heteroatoms. The number of methoxy groups -OCH3 is 1. The maximum absolute atomic E-state index is 13.9. The summed E-state index contributed by atoms with van der Waals surface area (Å²) >= 11 is 5.91. The number of carbonyl (C=O) groups excluding carboxylic acids is 1. The summed E-state index contributed by atoms with van der Waals surface area (Å²) in [5, 5.41) is 4.46. The molecule has 3 heterocycles. The molecule has 1 amide bonds. The van der Waals surface area contributed by atoms with Gasteiger partial charge in [0.05, 0.1) is 12.8 Å². The number of amides is 1. The second-order valence-corrected chi connectivity index (χ2v) is 9.19. The average molecular weight is 530 g/mol. The molecule has 1 saturated heterocycles. The second kappa shape index (κ2) is 10.0. The summed E-state index contributed by atoms with van der Waals surface area (Å²) in [6.45, 7) is 2.84. The lowest BCUT2D eigenvalue weighted by Gasteiger charge is -2.34. The van der Waals surface area contributed by atoms with E-state index in [0.717, 1.165) is 17.4 Å². The summed E-state index contributed by atoms with van der Waals surface area (Å²) in [5.74, 6) is 0.358. The molecule has 0 saturated carbocycles. The van der Waals surface area contributed by atoms with Crippen LogP contribution in [0, 0.1) is 0 Å². The Kier molecular flexibility index (Phi) is 6.78. The zero-order valence-corrected chi connectivity index (χ0v) is 20.6. The van der Waals surface area contributed by atoms with Crippen LogP contribution in [0.3, 0.4) is 0 Å². The molecular formula is C26H23ClF3N5O2. The maximum atomic E-state index is 13.9. The van der Waals surface area contributed by atoms with E-state index < -0.39 is 17.8 Å². The van der Waals surface area contributed by atoms with Gasteiger partial charge in [0, 0.05) is 49.4 Å². The van der Waals surface area contributed by atoms with Crippen molar-refractivity contribution in [1.29, 1.82) is 0 Å². The Morgan fingerprint density at radius 1 is 1.03 bits per heavy atom. The first-order valence-electron chi connectivity index (χ1n) is 11.6. The number of alkyl halides is 3. The van der Waals surface area contributed by atoms with Gasteiger partial charge in [-0.05, 0) is 35.9 Å². The van der Waals surface area contributed by atoms with Crippen LogP contribution in [0.25, 0.3) is 16.9 Å². The number of rotatable bonds is 5. The van der Waals surface area contributed by atoms with E-state index in [1.807, 2.05) is 24.3 Å². The number of ether oxygens (including phenoxy) is 1. The highest BCUT2D eigenvalue weighted by atomic mass is 35.5. The van der Waals surface area contributed by atoms with Crippen molar-refractivity contribution in [2.75, 3.05) is 33.3 Å². The van der Waals surface area contributed by atoms with E-state index in [-0.39, 0.29) is 17.0 Å². The van der Waals surface area contributed by atoms with E-state index >= 15 is 0 Å². The third kappa shape index (κ3) is 5.40. The van der Waals surface area contributed by atoms with E-state index in [1.165, 1.54) is 6.07 Å². The summed E-state index contributed by atoms with van der Waals surface area (Å²) in [6, 6.07) is 16.4. The quantitative estimate of drug-likeness (QED) is 0.363. The van der Waals surface area contributed by atoms with Gasteiger partial charge in [0.25, 0.3) is 5.91 Å². The lowest BCUT2D eigenvalue weighted by molar-refractivity contribution is -0.142. The van der Waals surface area contributed by atoms with E-state index in [9.17, 15) is 18.0 Å². The molecule has 2 aromatic heterocycles. The van der Waals surface area contributed by atoms with Gasteiger partial charge < -0.3 is 9.64 Å². The van der Waals surface area contributed by atoms with E-state index in [2.05, 4.69) is 15.0 Å². The van der Waals surface area contributed by atoms with Gasteiger partial charge in [-0.3, -0.25) is 9.69 Å². The van der Waals surface area contributed by atoms with Crippen molar-refractivity contribution in [3.63, 3.8) is 0 Å². The molecule has 1 fully saturated rings. The van der Waals surface area contributed by atoms with Crippen LogP contribution in [0.5, 0.6) is 5.75 Å². The zero-order chi connectivity index (χ0) is 26.2. The van der Waals surface area contributed by atoms with Crippen LogP contribution >= 0.6 is 11.6 Å². The van der Waals surface area contributed by atoms with Crippen molar-refractivity contribution < 1.29 is 22.7 Å². The Morgan fingerprint density at radius 3 is 2.43 bits per heavy atom. The number of hydrogen-bond donors (Lipinski definition) is 0. The van der Waals surface area contributed by atoms with Gasteiger partial charge in [0.15, 0.2) is 17.0 Å². The average Bonchev–Trinajstić information content (AvgIpc) is 3.32. The maximum Gasteiger partial charge on any atom is 0.433 e. The van der Waals surface area contributed by atoms with Gasteiger partial charge in [0.1, 0.15) is 5.75 Å². The predicted octanol–water partition coefficient (Wildman–Crippen LogP) is 5.04. The summed E-state index contributed by atoms with van der Waals surface area (Å²) in [4.78, 5) is 21.3. The Bertz CT molecular complexity index is 1430. The van der Waals surface area contributed by atoms with Crippen LogP contribution in [0.1, 0.15) is 21.7 Å². The largest absolute Gasteiger partial charge is 0.497 e. The minimum absolute atomic E-state index is 0.0558. The van der Waals surface area contributed by atoms with E-state index in [0.29, 0.717) is 47.8 Å². The molecule has 7 nitrogen and oxygen atoms in total. The minimum Gasteiger partial charge on any atom is -0.497 e. The van der Waals surface area contributed by atoms with Crippen LogP contribution in [0.2, 0.25) is 5.02 Å². The van der Waals surface area contributed by atoms with Crippen molar-refractivity contribution >= 4 is 23.2 Å². The van der Waals surface area contributed by atoms with Gasteiger partial charge in [0.2, 0.25) is 0 Å². The molecule has 0 atom stereocenters. The Labute approximate surface area is 216 Å². The number of fused-ring (bicyclic) bond motifs is 1. The molecule has 4 aromatic rings. The Hall–Kier alpha value is -3.63. The lowest BCUT2D eigenvalue weighted by Crippen LogP contribution is -2.48. The Morgan fingerprint density at radius 2 is 1.76 bits per heavy atom. The Balaban J connectivity index is 1.35. The van der Waals surface area contributed by atoms with Crippen molar-refractivity contribution in [2.45, 2.75) is 12.7 Å². The molecule has 37 heavy (non-hydrogen) atoms. The highest BCUT2D eigenvalue weighted by molar-refractivity contribution is 6.30. The van der Waals surface area contributed by atoms with Crippen molar-refractivity contribution in [2.24, 2.45) is 0 Å². The molecule has 1 aliphatic heterocycles. The van der Waals surface area contributed by atoms with Gasteiger partial charge in [-0.25, -0.2) is 9.50 Å². The zero-order valence-electron chi connectivity index (χ0n) is 19.9. The third-order valence-electron chi connectivity index (χ3n) is 6.28. The summed E-state index contributed by atoms with van der Waals surface area (Å²) in [5.41, 5.74) is 0.541. The molecule has 1 aliphatic rings. The monoisotopic (exact) mass is 529 g/mol. The normalized spacial score (nSPS) is 14.8. The first kappa shape index (κ1) is 25.0. The number of hydrogen-bond acceptors (Lipinski definition) is 5. The molecule has 0 radical (unpaired) electrons. The standard InChI is InChI=1S/C26H23ClF3N5O2/c1-37-20-4-2-3-17(13-20)16-33-9-11-34(12-10-33)25(36)22-15-24-31-21(18-5-7-19(27)8-6-18)14-23(26(28,29)30)35(24)32-22/h2-8,13-15H,9-12,16H2,1H3. The molecule has 0 aliphatic carbocycles. The highest BCUT2D eigenvalue weighted by Crippen LogP contribution is 2.32. The number of piperazine rings is 1. The topological polar surface area (TPSA) is 63.0 Å². The summed E-state index contributed by atoms with van der Waals surface area (Å²) < 4.78 is 47.6. The fraction of sp³-hybridized carbons (Fsp3) is 0.269. The lowest BCUT2D eigenvalue weighted by atomic mass is 10.1. The molecule has 0 N–H and O–H groups in total. The summed E-state index contributed by atoms with van der Waals surface area (Å²) in [6.07, 6.45) is -4.69. The third-order valence-corrected chi connectivity index (χ3v) is 6.53. The van der Waals surface area contributed by atoms with E-state index in [4.69, 9.17) is 16.3 Å². The van der Waals surface area contributed by atoms with Crippen molar-refractivity contribution in [1.82, 2.24) is 24.4 Å².